The van der Waals surface area contributed by atoms with Crippen LogP contribution in [0, 0.1) is 0 Å². The van der Waals surface area contributed by atoms with Crippen LogP contribution >= 0.6 is 11.6 Å². The van der Waals surface area contributed by atoms with Crippen molar-refractivity contribution >= 4 is 29.3 Å². The van der Waals surface area contributed by atoms with Gasteiger partial charge >= 0.3 is 6.09 Å². The third kappa shape index (κ3) is 3.42. The minimum absolute atomic E-state index is 0.196. The molecule has 6 heteroatoms. The molecule has 1 fully saturated rings. The van der Waals surface area contributed by atoms with Crippen molar-refractivity contribution in [2.75, 3.05) is 18.5 Å². The van der Waals surface area contributed by atoms with Crippen LogP contribution in [0.4, 0.5) is 10.5 Å². The summed E-state index contributed by atoms with van der Waals surface area (Å²) in [6.45, 7) is 2.61. The molecule has 20 heavy (non-hydrogen) atoms. The summed E-state index contributed by atoms with van der Waals surface area (Å²) in [7, 11) is 0. The molecule has 1 aromatic rings. The molecule has 1 N–H and O–H groups in total. The number of ether oxygens (including phenoxy) is 1. The topological polar surface area (TPSA) is 58.6 Å². The van der Waals surface area contributed by atoms with Gasteiger partial charge in [0.05, 0.1) is 6.61 Å². The van der Waals surface area contributed by atoms with Crippen LogP contribution in [0.1, 0.15) is 19.8 Å². The van der Waals surface area contributed by atoms with E-state index in [0.29, 0.717) is 30.3 Å². The summed E-state index contributed by atoms with van der Waals surface area (Å²) in [6.07, 6.45) is 1.02. The third-order valence-corrected chi connectivity index (χ3v) is 3.42. The van der Waals surface area contributed by atoms with Gasteiger partial charge in [0.15, 0.2) is 0 Å². The van der Waals surface area contributed by atoms with E-state index in [4.69, 9.17) is 16.3 Å². The molecule has 0 saturated carbocycles. The van der Waals surface area contributed by atoms with Crippen molar-refractivity contribution in [2.24, 2.45) is 0 Å². The Labute approximate surface area is 122 Å². The van der Waals surface area contributed by atoms with Gasteiger partial charge in [0, 0.05) is 17.3 Å². The lowest BCUT2D eigenvalue weighted by Crippen LogP contribution is -2.43. The largest absolute Gasteiger partial charge is 0.450 e. The maximum atomic E-state index is 12.2. The number of nitrogens with zero attached hydrogens (tertiary/aromatic N) is 1. The molecule has 1 heterocycles. The lowest BCUT2D eigenvalue weighted by Gasteiger charge is -2.23. The number of anilines is 1. The summed E-state index contributed by atoms with van der Waals surface area (Å²) in [4.78, 5) is 25.5. The van der Waals surface area contributed by atoms with Crippen molar-refractivity contribution in [3.8, 4) is 0 Å². The Morgan fingerprint density at radius 2 is 2.10 bits per heavy atom. The van der Waals surface area contributed by atoms with E-state index < -0.39 is 12.1 Å². The first-order chi connectivity index (χ1) is 9.61. The molecule has 0 aromatic heterocycles. The van der Waals surface area contributed by atoms with Crippen LogP contribution in [0.15, 0.2) is 24.3 Å². The van der Waals surface area contributed by atoms with Crippen LogP contribution in [0.25, 0.3) is 0 Å². The molecule has 1 aliphatic rings. The lowest BCUT2D eigenvalue weighted by atomic mass is 10.2. The van der Waals surface area contributed by atoms with Gasteiger partial charge in [-0.2, -0.15) is 0 Å². The molecular formula is C14H17ClN2O3. The van der Waals surface area contributed by atoms with Crippen molar-refractivity contribution in [3.63, 3.8) is 0 Å². The van der Waals surface area contributed by atoms with Gasteiger partial charge in [-0.1, -0.05) is 11.6 Å². The predicted octanol–water partition coefficient (Wildman–Crippen LogP) is 2.90. The molecule has 5 nitrogen and oxygen atoms in total. The predicted molar refractivity (Wildman–Crippen MR) is 76.8 cm³/mol. The van der Waals surface area contributed by atoms with E-state index in [1.807, 2.05) is 0 Å². The Hall–Kier alpha value is -1.75. The number of benzene rings is 1. The van der Waals surface area contributed by atoms with Crippen LogP contribution in [-0.2, 0) is 9.53 Å². The zero-order valence-corrected chi connectivity index (χ0v) is 12.0. The second kappa shape index (κ2) is 6.61. The Bertz CT molecular complexity index is 490. The normalized spacial score (nSPS) is 17.9. The second-order valence-electron chi connectivity index (χ2n) is 4.55. The first-order valence-electron chi connectivity index (χ1n) is 6.61. The molecule has 1 aliphatic heterocycles. The highest BCUT2D eigenvalue weighted by Crippen LogP contribution is 2.21. The van der Waals surface area contributed by atoms with E-state index in [1.54, 1.807) is 31.2 Å². The van der Waals surface area contributed by atoms with Crippen molar-refractivity contribution in [1.82, 2.24) is 4.90 Å². The van der Waals surface area contributed by atoms with Gasteiger partial charge in [-0.05, 0) is 44.0 Å². The quantitative estimate of drug-likeness (QED) is 0.933. The van der Waals surface area contributed by atoms with Gasteiger partial charge in [0.2, 0.25) is 5.91 Å². The summed E-state index contributed by atoms with van der Waals surface area (Å²) >= 11 is 5.79. The number of rotatable bonds is 3. The fourth-order valence-electron chi connectivity index (χ4n) is 2.22. The SMILES string of the molecule is CCOC(=O)N1CCC[C@H]1C(=O)Nc1ccc(Cl)cc1. The Kier molecular flexibility index (Phi) is 4.84. The standard InChI is InChI=1S/C14H17ClN2O3/c1-2-20-14(19)17-9-3-4-12(17)13(18)16-11-7-5-10(15)6-8-11/h5-8,12H,2-4,9H2,1H3,(H,16,18)/t12-/m0/s1. The molecule has 108 valence electrons. The summed E-state index contributed by atoms with van der Waals surface area (Å²) in [6, 6.07) is 6.39. The maximum absolute atomic E-state index is 12.2. The number of amides is 2. The molecule has 2 amide bonds. The molecule has 2 rings (SSSR count). The van der Waals surface area contributed by atoms with Gasteiger partial charge in [-0.3, -0.25) is 9.69 Å². The minimum atomic E-state index is -0.468. The van der Waals surface area contributed by atoms with E-state index >= 15 is 0 Å². The molecule has 0 spiro atoms. The maximum Gasteiger partial charge on any atom is 0.410 e. The molecule has 1 aromatic carbocycles. The van der Waals surface area contributed by atoms with Crippen LogP contribution < -0.4 is 5.32 Å². The minimum Gasteiger partial charge on any atom is -0.450 e. The number of hydrogen-bond acceptors (Lipinski definition) is 3. The highest BCUT2D eigenvalue weighted by Gasteiger charge is 2.34. The Morgan fingerprint density at radius 3 is 2.75 bits per heavy atom. The van der Waals surface area contributed by atoms with Gasteiger partial charge < -0.3 is 10.1 Å². The third-order valence-electron chi connectivity index (χ3n) is 3.17. The smallest absolute Gasteiger partial charge is 0.410 e. The van der Waals surface area contributed by atoms with E-state index in [-0.39, 0.29) is 5.91 Å². The Balaban J connectivity index is 2.00. The number of nitrogens with one attached hydrogen (secondary N) is 1. The highest BCUT2D eigenvalue weighted by atomic mass is 35.5. The van der Waals surface area contributed by atoms with Crippen molar-refractivity contribution in [2.45, 2.75) is 25.8 Å². The van der Waals surface area contributed by atoms with Gasteiger partial charge in [0.1, 0.15) is 6.04 Å². The molecule has 1 atom stereocenters. The van der Waals surface area contributed by atoms with E-state index in [9.17, 15) is 9.59 Å². The summed E-state index contributed by atoms with van der Waals surface area (Å²) in [5.41, 5.74) is 0.662. The van der Waals surface area contributed by atoms with Crippen LogP contribution in [0.2, 0.25) is 5.02 Å². The zero-order chi connectivity index (χ0) is 14.5. The van der Waals surface area contributed by atoms with E-state index in [2.05, 4.69) is 5.32 Å². The van der Waals surface area contributed by atoms with Gasteiger partial charge in [-0.15, -0.1) is 0 Å². The molecule has 0 unspecified atom stereocenters. The van der Waals surface area contributed by atoms with Gasteiger partial charge in [0.25, 0.3) is 0 Å². The average Bonchev–Trinajstić information content (AvgIpc) is 2.91. The lowest BCUT2D eigenvalue weighted by molar-refractivity contribution is -0.120. The van der Waals surface area contributed by atoms with Crippen molar-refractivity contribution in [3.05, 3.63) is 29.3 Å². The van der Waals surface area contributed by atoms with Gasteiger partial charge in [-0.25, -0.2) is 4.79 Å². The van der Waals surface area contributed by atoms with Crippen LogP contribution in [-0.4, -0.2) is 36.1 Å². The summed E-state index contributed by atoms with van der Waals surface area (Å²) < 4.78 is 4.96. The summed E-state index contributed by atoms with van der Waals surface area (Å²) in [5.74, 6) is -0.196. The fraction of sp³-hybridized carbons (Fsp3) is 0.429. The average molecular weight is 297 g/mol. The van der Waals surface area contributed by atoms with Crippen LogP contribution in [0.5, 0.6) is 0 Å². The molecule has 0 radical (unpaired) electrons. The first kappa shape index (κ1) is 14.7. The van der Waals surface area contributed by atoms with Crippen molar-refractivity contribution in [1.29, 1.82) is 0 Å². The molecule has 0 aliphatic carbocycles. The zero-order valence-electron chi connectivity index (χ0n) is 11.3. The molecule has 1 saturated heterocycles. The highest BCUT2D eigenvalue weighted by molar-refractivity contribution is 6.30. The Morgan fingerprint density at radius 1 is 1.40 bits per heavy atom. The number of carbonyl (C=O) groups excluding carboxylic acids is 2. The molecular weight excluding hydrogens is 280 g/mol. The number of carbonyl (C=O) groups is 2. The summed E-state index contributed by atoms with van der Waals surface area (Å²) in [5, 5.41) is 3.40. The number of likely N-dealkylation sites (tertiary alicyclic amines) is 1. The second-order valence-corrected chi connectivity index (χ2v) is 4.98. The first-order valence-corrected chi connectivity index (χ1v) is 6.99. The van der Waals surface area contributed by atoms with Crippen LogP contribution in [0.3, 0.4) is 0 Å². The fourth-order valence-corrected chi connectivity index (χ4v) is 2.35. The number of halogens is 1. The molecule has 0 bridgehead atoms. The number of hydrogen-bond donors (Lipinski definition) is 1. The van der Waals surface area contributed by atoms with Crippen molar-refractivity contribution < 1.29 is 14.3 Å². The van der Waals surface area contributed by atoms with E-state index in [1.165, 1.54) is 4.90 Å². The van der Waals surface area contributed by atoms with E-state index in [0.717, 1.165) is 6.42 Å². The monoisotopic (exact) mass is 296 g/mol.